The van der Waals surface area contributed by atoms with Gasteiger partial charge < -0.3 is 10.1 Å². The maximum Gasteiger partial charge on any atom is 0.408 e. The molecule has 1 saturated heterocycles. The molecule has 9 heteroatoms. The van der Waals surface area contributed by atoms with Crippen molar-refractivity contribution in [1.82, 2.24) is 10.2 Å². The van der Waals surface area contributed by atoms with Gasteiger partial charge in [0.05, 0.1) is 7.11 Å². The Kier molecular flexibility index (Phi) is 8.46. The molecular weight excluding hydrogens is 347 g/mol. The van der Waals surface area contributed by atoms with E-state index in [2.05, 4.69) is 5.32 Å². The number of benzene rings is 1. The molecule has 1 atom stereocenters. The highest BCUT2D eigenvalue weighted by Gasteiger charge is 2.45. The van der Waals surface area contributed by atoms with E-state index in [0.717, 1.165) is 6.07 Å². The summed E-state index contributed by atoms with van der Waals surface area (Å²) < 4.78 is 58.2. The van der Waals surface area contributed by atoms with Crippen LogP contribution in [0.3, 0.4) is 0 Å². The van der Waals surface area contributed by atoms with Gasteiger partial charge in [-0.3, -0.25) is 4.90 Å². The number of halogens is 6. The van der Waals surface area contributed by atoms with Crippen molar-refractivity contribution in [3.05, 3.63) is 29.6 Å². The van der Waals surface area contributed by atoms with E-state index in [-0.39, 0.29) is 49.2 Å². The van der Waals surface area contributed by atoms with Crippen LogP contribution in [0.5, 0.6) is 5.75 Å². The third-order valence-corrected chi connectivity index (χ3v) is 3.32. The molecule has 0 amide bonds. The monoisotopic (exact) mass is 364 g/mol. The molecule has 22 heavy (non-hydrogen) atoms. The summed E-state index contributed by atoms with van der Waals surface area (Å²) in [5.74, 6) is -0.843. The van der Waals surface area contributed by atoms with Crippen molar-refractivity contribution in [3.63, 3.8) is 0 Å². The van der Waals surface area contributed by atoms with Gasteiger partial charge in [-0.1, -0.05) is 6.07 Å². The minimum Gasteiger partial charge on any atom is -0.494 e. The summed E-state index contributed by atoms with van der Waals surface area (Å²) in [6, 6.07) is 1.61. The van der Waals surface area contributed by atoms with Crippen molar-refractivity contribution in [1.29, 1.82) is 0 Å². The fourth-order valence-electron chi connectivity index (χ4n) is 2.40. The van der Waals surface area contributed by atoms with Crippen LogP contribution in [0.1, 0.15) is 11.6 Å². The van der Waals surface area contributed by atoms with Gasteiger partial charge in [0.2, 0.25) is 0 Å². The molecule has 128 valence electrons. The maximum atomic E-state index is 13.6. The first kappa shape index (κ1) is 21.2. The lowest BCUT2D eigenvalue weighted by molar-refractivity contribution is -0.187. The highest BCUT2D eigenvalue weighted by molar-refractivity contribution is 5.85. The lowest BCUT2D eigenvalue weighted by atomic mass is 10.0. The minimum absolute atomic E-state index is 0. The van der Waals surface area contributed by atoms with Gasteiger partial charge in [0.25, 0.3) is 0 Å². The van der Waals surface area contributed by atoms with Gasteiger partial charge in [0.15, 0.2) is 11.6 Å². The Labute approximate surface area is 138 Å². The Hall–Kier alpha value is -0.760. The maximum absolute atomic E-state index is 13.6. The number of ether oxygens (including phenoxy) is 1. The van der Waals surface area contributed by atoms with E-state index in [1.165, 1.54) is 24.1 Å². The summed E-state index contributed by atoms with van der Waals surface area (Å²) in [7, 11) is 1.27. The summed E-state index contributed by atoms with van der Waals surface area (Å²) in [5, 5.41) is 3.00. The van der Waals surface area contributed by atoms with Crippen molar-refractivity contribution in [2.75, 3.05) is 33.3 Å². The van der Waals surface area contributed by atoms with E-state index >= 15 is 0 Å². The number of rotatable bonds is 3. The van der Waals surface area contributed by atoms with Gasteiger partial charge in [-0.15, -0.1) is 24.8 Å². The van der Waals surface area contributed by atoms with Gasteiger partial charge in [-0.2, -0.15) is 13.2 Å². The molecule has 1 aliphatic rings. The highest BCUT2D eigenvalue weighted by atomic mass is 35.5. The normalized spacial score (nSPS) is 17.1. The molecular formula is C13H18Cl2F4N2O. The predicted octanol–water partition coefficient (Wildman–Crippen LogP) is 3.19. The molecule has 0 aliphatic carbocycles. The van der Waals surface area contributed by atoms with E-state index in [4.69, 9.17) is 4.74 Å². The first-order chi connectivity index (χ1) is 9.43. The van der Waals surface area contributed by atoms with Crippen molar-refractivity contribution >= 4 is 24.8 Å². The van der Waals surface area contributed by atoms with Crippen LogP contribution in [0.25, 0.3) is 0 Å². The van der Waals surface area contributed by atoms with Crippen LogP contribution in [0.4, 0.5) is 17.6 Å². The van der Waals surface area contributed by atoms with Crippen LogP contribution < -0.4 is 10.1 Å². The van der Waals surface area contributed by atoms with Gasteiger partial charge in [0.1, 0.15) is 6.04 Å². The molecule has 0 saturated carbocycles. The molecule has 1 aromatic carbocycles. The second kappa shape index (κ2) is 8.76. The minimum atomic E-state index is -4.45. The van der Waals surface area contributed by atoms with E-state index in [0.29, 0.717) is 13.1 Å². The Bertz CT molecular complexity index is 468. The number of methoxy groups -OCH3 is 1. The molecule has 2 rings (SSSR count). The first-order valence-electron chi connectivity index (χ1n) is 6.28. The lowest BCUT2D eigenvalue weighted by Gasteiger charge is -2.36. The number of hydrogen-bond acceptors (Lipinski definition) is 3. The molecule has 0 unspecified atom stereocenters. The summed E-state index contributed by atoms with van der Waals surface area (Å²) in [6.45, 7) is 1.53. The molecule has 0 spiro atoms. The van der Waals surface area contributed by atoms with Crippen LogP contribution in [-0.2, 0) is 0 Å². The summed E-state index contributed by atoms with van der Waals surface area (Å²) in [4.78, 5) is 1.32. The Morgan fingerprint density at radius 3 is 2.23 bits per heavy atom. The van der Waals surface area contributed by atoms with Crippen molar-refractivity contribution in [2.45, 2.75) is 12.2 Å². The van der Waals surface area contributed by atoms with Crippen LogP contribution in [0.15, 0.2) is 18.2 Å². The fourth-order valence-corrected chi connectivity index (χ4v) is 2.40. The standard InChI is InChI=1S/C13H16F4N2O.2ClH/c1-20-11-3-2-9(8-10(11)14)12(13(15,16)17)19-6-4-18-5-7-19;;/h2-3,8,12,18H,4-7H2,1H3;2*1H/t12-;;/m0../s1. The molecule has 1 N–H and O–H groups in total. The molecule has 3 nitrogen and oxygen atoms in total. The first-order valence-corrected chi connectivity index (χ1v) is 6.28. The third kappa shape index (κ3) is 4.87. The van der Waals surface area contributed by atoms with Gasteiger partial charge >= 0.3 is 6.18 Å². The Morgan fingerprint density at radius 1 is 1.18 bits per heavy atom. The molecule has 0 aromatic heterocycles. The van der Waals surface area contributed by atoms with E-state index in [9.17, 15) is 17.6 Å². The van der Waals surface area contributed by atoms with Crippen molar-refractivity contribution in [2.24, 2.45) is 0 Å². The summed E-state index contributed by atoms with van der Waals surface area (Å²) in [6.07, 6.45) is -4.45. The zero-order valence-corrected chi connectivity index (χ0v) is 13.5. The number of nitrogens with zero attached hydrogens (tertiary/aromatic N) is 1. The average molecular weight is 365 g/mol. The number of alkyl halides is 3. The second-order valence-corrected chi connectivity index (χ2v) is 4.62. The molecule has 0 bridgehead atoms. The van der Waals surface area contributed by atoms with Gasteiger partial charge in [-0.05, 0) is 17.7 Å². The van der Waals surface area contributed by atoms with E-state index in [1.54, 1.807) is 0 Å². The van der Waals surface area contributed by atoms with Crippen LogP contribution in [0, 0.1) is 5.82 Å². The molecule has 0 radical (unpaired) electrons. The fraction of sp³-hybridized carbons (Fsp3) is 0.538. The van der Waals surface area contributed by atoms with Crippen LogP contribution >= 0.6 is 24.8 Å². The number of piperazine rings is 1. The smallest absolute Gasteiger partial charge is 0.408 e. The largest absolute Gasteiger partial charge is 0.494 e. The molecule has 1 fully saturated rings. The van der Waals surface area contributed by atoms with Crippen LogP contribution in [0.2, 0.25) is 0 Å². The van der Waals surface area contributed by atoms with Crippen molar-refractivity contribution < 1.29 is 22.3 Å². The van der Waals surface area contributed by atoms with Gasteiger partial charge in [0, 0.05) is 26.2 Å². The Morgan fingerprint density at radius 2 is 1.77 bits per heavy atom. The summed E-state index contributed by atoms with van der Waals surface area (Å²) in [5.41, 5.74) is -0.0994. The van der Waals surface area contributed by atoms with Crippen LogP contribution in [-0.4, -0.2) is 44.4 Å². The van der Waals surface area contributed by atoms with E-state index < -0.39 is 18.0 Å². The zero-order valence-electron chi connectivity index (χ0n) is 11.8. The number of hydrogen-bond donors (Lipinski definition) is 1. The zero-order chi connectivity index (χ0) is 14.8. The number of nitrogens with one attached hydrogen (secondary N) is 1. The van der Waals surface area contributed by atoms with E-state index in [1.807, 2.05) is 0 Å². The lowest BCUT2D eigenvalue weighted by Crippen LogP contribution is -2.49. The Balaban J connectivity index is 0.00000220. The molecule has 1 aliphatic heterocycles. The third-order valence-electron chi connectivity index (χ3n) is 3.32. The molecule has 1 aromatic rings. The SMILES string of the molecule is COc1ccc([C@H](N2CCNCC2)C(F)(F)F)cc1F.Cl.Cl. The quantitative estimate of drug-likeness (QED) is 0.833. The van der Waals surface area contributed by atoms with Crippen molar-refractivity contribution in [3.8, 4) is 5.75 Å². The average Bonchev–Trinajstić information content (AvgIpc) is 2.39. The second-order valence-electron chi connectivity index (χ2n) is 4.62. The predicted molar refractivity (Wildman–Crippen MR) is 80.7 cm³/mol. The topological polar surface area (TPSA) is 24.5 Å². The molecule has 1 heterocycles. The summed E-state index contributed by atoms with van der Waals surface area (Å²) >= 11 is 0. The highest BCUT2D eigenvalue weighted by Crippen LogP contribution is 2.38. The van der Waals surface area contributed by atoms with Gasteiger partial charge in [-0.25, -0.2) is 4.39 Å².